The molecular formula is C16H16BrFN2O. The minimum atomic E-state index is -0.350. The summed E-state index contributed by atoms with van der Waals surface area (Å²) in [5.74, 6) is -0.576. The fourth-order valence-corrected chi connectivity index (χ4v) is 2.31. The van der Waals surface area contributed by atoms with Gasteiger partial charge < -0.3 is 11.1 Å². The lowest BCUT2D eigenvalue weighted by molar-refractivity contribution is 0.102. The summed E-state index contributed by atoms with van der Waals surface area (Å²) in [6, 6.07) is 10.2. The minimum Gasteiger partial charge on any atom is -0.330 e. The number of anilines is 1. The normalized spacial score (nSPS) is 10.5. The molecule has 0 saturated carbocycles. The molecule has 21 heavy (non-hydrogen) atoms. The van der Waals surface area contributed by atoms with Crippen LogP contribution in [0.5, 0.6) is 0 Å². The first-order valence-electron chi connectivity index (χ1n) is 6.57. The van der Waals surface area contributed by atoms with Gasteiger partial charge in [0, 0.05) is 11.3 Å². The van der Waals surface area contributed by atoms with Crippen LogP contribution in [0.1, 0.15) is 21.5 Å². The van der Waals surface area contributed by atoms with Crippen LogP contribution in [0.25, 0.3) is 0 Å². The van der Waals surface area contributed by atoms with Gasteiger partial charge in [-0.25, -0.2) is 4.39 Å². The van der Waals surface area contributed by atoms with E-state index in [9.17, 15) is 9.18 Å². The Bertz CT molecular complexity index is 656. The number of hydrogen-bond donors (Lipinski definition) is 2. The van der Waals surface area contributed by atoms with Crippen LogP contribution in [0.2, 0.25) is 0 Å². The van der Waals surface area contributed by atoms with Crippen LogP contribution in [0.3, 0.4) is 0 Å². The zero-order valence-electron chi connectivity index (χ0n) is 11.6. The first-order valence-corrected chi connectivity index (χ1v) is 7.36. The topological polar surface area (TPSA) is 55.1 Å². The highest BCUT2D eigenvalue weighted by molar-refractivity contribution is 9.10. The summed E-state index contributed by atoms with van der Waals surface area (Å²) in [5, 5.41) is 2.79. The van der Waals surface area contributed by atoms with Crippen LogP contribution in [-0.4, -0.2) is 12.5 Å². The van der Waals surface area contributed by atoms with Gasteiger partial charge in [0.2, 0.25) is 0 Å². The van der Waals surface area contributed by atoms with E-state index in [2.05, 4.69) is 21.2 Å². The van der Waals surface area contributed by atoms with Gasteiger partial charge in [0.15, 0.2) is 0 Å². The number of aryl methyl sites for hydroxylation is 1. The summed E-state index contributed by atoms with van der Waals surface area (Å²) >= 11 is 3.12. The molecule has 3 N–H and O–H groups in total. The number of amides is 1. The molecule has 0 spiro atoms. The zero-order valence-corrected chi connectivity index (χ0v) is 13.2. The summed E-state index contributed by atoms with van der Waals surface area (Å²) in [4.78, 5) is 12.2. The first kappa shape index (κ1) is 15.7. The molecule has 0 saturated heterocycles. The third kappa shape index (κ3) is 3.89. The molecule has 0 aliphatic carbocycles. The molecule has 2 aromatic carbocycles. The molecule has 0 aliphatic heterocycles. The van der Waals surface area contributed by atoms with Crippen molar-refractivity contribution in [2.45, 2.75) is 13.3 Å². The Labute approximate surface area is 131 Å². The number of carbonyl (C=O) groups excluding carboxylic acids is 1. The van der Waals surface area contributed by atoms with Gasteiger partial charge in [0.05, 0.1) is 4.47 Å². The van der Waals surface area contributed by atoms with E-state index in [1.807, 2.05) is 12.1 Å². The molecule has 0 aliphatic rings. The van der Waals surface area contributed by atoms with E-state index in [0.29, 0.717) is 27.8 Å². The predicted octanol–water partition coefficient (Wildman–Crippen LogP) is 3.65. The largest absolute Gasteiger partial charge is 0.330 e. The number of nitrogens with two attached hydrogens (primary N) is 1. The zero-order chi connectivity index (χ0) is 15.4. The van der Waals surface area contributed by atoms with Gasteiger partial charge in [-0.15, -0.1) is 0 Å². The summed E-state index contributed by atoms with van der Waals surface area (Å²) in [5.41, 5.74) is 8.39. The lowest BCUT2D eigenvalue weighted by atomic mass is 10.1. The fourth-order valence-electron chi connectivity index (χ4n) is 1.96. The van der Waals surface area contributed by atoms with Gasteiger partial charge >= 0.3 is 0 Å². The first-order chi connectivity index (χ1) is 10.0. The summed E-state index contributed by atoms with van der Waals surface area (Å²) in [6.07, 6.45) is 0.784. The smallest absolute Gasteiger partial charge is 0.255 e. The van der Waals surface area contributed by atoms with Crippen LogP contribution in [0.15, 0.2) is 40.9 Å². The Hall–Kier alpha value is -1.72. The lowest BCUT2D eigenvalue weighted by Gasteiger charge is -2.10. The average Bonchev–Trinajstić information content (AvgIpc) is 2.46. The maximum Gasteiger partial charge on any atom is 0.255 e. The monoisotopic (exact) mass is 350 g/mol. The quantitative estimate of drug-likeness (QED) is 0.884. The minimum absolute atomic E-state index is 0.226. The van der Waals surface area contributed by atoms with Crippen LogP contribution < -0.4 is 11.1 Å². The van der Waals surface area contributed by atoms with Crippen molar-refractivity contribution in [2.24, 2.45) is 5.73 Å². The lowest BCUT2D eigenvalue weighted by Crippen LogP contribution is -2.13. The highest BCUT2D eigenvalue weighted by Gasteiger charge is 2.10. The number of rotatable bonds is 4. The molecular weight excluding hydrogens is 335 g/mol. The third-order valence-electron chi connectivity index (χ3n) is 3.16. The highest BCUT2D eigenvalue weighted by Crippen LogP contribution is 2.24. The van der Waals surface area contributed by atoms with Gasteiger partial charge in [-0.05, 0) is 71.2 Å². The standard InChI is InChI=1S/C16H16BrFN2O/c1-10-8-14(18)13(17)9-15(10)20-16(21)12-4-2-11(3-5-12)6-7-19/h2-5,8-9H,6-7,19H2,1H3,(H,20,21). The number of hydrogen-bond acceptors (Lipinski definition) is 2. The van der Waals surface area contributed by atoms with E-state index in [4.69, 9.17) is 5.73 Å². The molecule has 0 heterocycles. The van der Waals surface area contributed by atoms with Gasteiger partial charge in [-0.3, -0.25) is 4.79 Å². The Kier molecular flexibility index (Phi) is 5.09. The van der Waals surface area contributed by atoms with Crippen LogP contribution in [0.4, 0.5) is 10.1 Å². The Morgan fingerprint density at radius 2 is 1.95 bits per heavy atom. The van der Waals surface area contributed by atoms with Gasteiger partial charge in [-0.2, -0.15) is 0 Å². The highest BCUT2D eigenvalue weighted by atomic mass is 79.9. The van der Waals surface area contributed by atoms with E-state index < -0.39 is 0 Å². The maximum atomic E-state index is 13.4. The molecule has 0 radical (unpaired) electrons. The third-order valence-corrected chi connectivity index (χ3v) is 3.77. The van der Waals surface area contributed by atoms with Crippen LogP contribution in [0, 0.1) is 12.7 Å². The molecule has 0 aromatic heterocycles. The van der Waals surface area contributed by atoms with Crippen LogP contribution in [-0.2, 0) is 6.42 Å². The Balaban J connectivity index is 2.16. The van der Waals surface area contributed by atoms with Gasteiger partial charge in [0.1, 0.15) is 5.82 Å². The second-order valence-electron chi connectivity index (χ2n) is 4.77. The van der Waals surface area contributed by atoms with Gasteiger partial charge in [0.25, 0.3) is 5.91 Å². The predicted molar refractivity (Wildman–Crippen MR) is 86.0 cm³/mol. The second kappa shape index (κ2) is 6.83. The van der Waals surface area contributed by atoms with Crippen molar-refractivity contribution in [1.82, 2.24) is 0 Å². The van der Waals surface area contributed by atoms with Crippen molar-refractivity contribution >= 4 is 27.5 Å². The van der Waals surface area contributed by atoms with E-state index >= 15 is 0 Å². The Morgan fingerprint density at radius 3 is 2.57 bits per heavy atom. The van der Waals surface area contributed by atoms with Crippen molar-refractivity contribution in [3.63, 3.8) is 0 Å². The summed E-state index contributed by atoms with van der Waals surface area (Å²) in [6.45, 7) is 2.32. The van der Waals surface area contributed by atoms with Crippen molar-refractivity contribution in [2.75, 3.05) is 11.9 Å². The molecule has 110 valence electrons. The summed E-state index contributed by atoms with van der Waals surface area (Å²) in [7, 11) is 0. The van der Waals surface area contributed by atoms with Crippen molar-refractivity contribution < 1.29 is 9.18 Å². The van der Waals surface area contributed by atoms with Crippen molar-refractivity contribution in [3.05, 3.63) is 63.4 Å². The molecule has 0 unspecified atom stereocenters. The van der Waals surface area contributed by atoms with Crippen molar-refractivity contribution in [1.29, 1.82) is 0 Å². The SMILES string of the molecule is Cc1cc(F)c(Br)cc1NC(=O)c1ccc(CCN)cc1. The number of benzene rings is 2. The van der Waals surface area contributed by atoms with Crippen LogP contribution >= 0.6 is 15.9 Å². The number of halogens is 2. The van der Waals surface area contributed by atoms with E-state index in [1.165, 1.54) is 6.07 Å². The average molecular weight is 351 g/mol. The fraction of sp³-hybridized carbons (Fsp3) is 0.188. The van der Waals surface area contributed by atoms with Crippen molar-refractivity contribution in [3.8, 4) is 0 Å². The Morgan fingerprint density at radius 1 is 1.29 bits per heavy atom. The summed E-state index contributed by atoms with van der Waals surface area (Å²) < 4.78 is 13.7. The van der Waals surface area contributed by atoms with E-state index in [1.54, 1.807) is 25.1 Å². The van der Waals surface area contributed by atoms with E-state index in [-0.39, 0.29) is 11.7 Å². The molecule has 0 atom stereocenters. The number of nitrogens with one attached hydrogen (secondary N) is 1. The van der Waals surface area contributed by atoms with Gasteiger partial charge in [-0.1, -0.05) is 12.1 Å². The molecule has 0 bridgehead atoms. The second-order valence-corrected chi connectivity index (χ2v) is 5.63. The molecule has 3 nitrogen and oxygen atoms in total. The molecule has 5 heteroatoms. The van der Waals surface area contributed by atoms with E-state index in [0.717, 1.165) is 12.0 Å². The molecule has 2 aromatic rings. The number of carbonyl (C=O) groups is 1. The molecule has 2 rings (SSSR count). The molecule has 0 fully saturated rings. The molecule has 1 amide bonds. The maximum absolute atomic E-state index is 13.4.